The number of ether oxygens (including phenoxy) is 1. The lowest BCUT2D eigenvalue weighted by Gasteiger charge is -2.06. The van der Waals surface area contributed by atoms with Crippen LogP contribution in [0.5, 0.6) is 5.75 Å². The van der Waals surface area contributed by atoms with E-state index < -0.39 is 0 Å². The Morgan fingerprint density at radius 2 is 2.00 bits per heavy atom. The van der Waals surface area contributed by atoms with Crippen molar-refractivity contribution < 1.29 is 4.74 Å². The number of benzene rings is 1. The summed E-state index contributed by atoms with van der Waals surface area (Å²) in [5.74, 6) is 1.28. The lowest BCUT2D eigenvalue weighted by Crippen LogP contribution is -1.88. The highest BCUT2D eigenvalue weighted by Gasteiger charge is 2.05. The van der Waals surface area contributed by atoms with Crippen LogP contribution < -0.4 is 4.74 Å². The summed E-state index contributed by atoms with van der Waals surface area (Å²) in [5.41, 5.74) is 1.02. The molecule has 0 aliphatic heterocycles. The molecule has 0 spiro atoms. The highest BCUT2D eigenvalue weighted by molar-refractivity contribution is 9.11. The van der Waals surface area contributed by atoms with E-state index >= 15 is 0 Å². The third-order valence-electron chi connectivity index (χ3n) is 1.46. The standard InChI is InChI=1S/C8H7Br2ClO/c1-12-8-2-5(4-11)6(9)3-7(8)10/h2-3H,4H2,1H3. The molecule has 0 heterocycles. The maximum Gasteiger partial charge on any atom is 0.133 e. The van der Waals surface area contributed by atoms with E-state index in [0.29, 0.717) is 5.88 Å². The van der Waals surface area contributed by atoms with Crippen molar-refractivity contribution in [3.05, 3.63) is 26.6 Å². The van der Waals surface area contributed by atoms with Crippen LogP contribution in [0.4, 0.5) is 0 Å². The minimum Gasteiger partial charge on any atom is -0.496 e. The van der Waals surface area contributed by atoms with E-state index in [1.54, 1.807) is 7.11 Å². The first kappa shape index (κ1) is 10.4. The maximum atomic E-state index is 5.71. The van der Waals surface area contributed by atoms with Gasteiger partial charge < -0.3 is 4.74 Å². The largest absolute Gasteiger partial charge is 0.496 e. The molecule has 12 heavy (non-hydrogen) atoms. The SMILES string of the molecule is COc1cc(CCl)c(Br)cc1Br. The zero-order chi connectivity index (χ0) is 9.14. The van der Waals surface area contributed by atoms with Gasteiger partial charge in [-0.25, -0.2) is 0 Å². The molecule has 1 aromatic rings. The van der Waals surface area contributed by atoms with E-state index in [-0.39, 0.29) is 0 Å². The van der Waals surface area contributed by atoms with E-state index in [2.05, 4.69) is 31.9 Å². The van der Waals surface area contributed by atoms with E-state index in [0.717, 1.165) is 20.3 Å². The van der Waals surface area contributed by atoms with Crippen LogP contribution >= 0.6 is 43.5 Å². The fourth-order valence-electron chi connectivity index (χ4n) is 0.830. The van der Waals surface area contributed by atoms with E-state index in [1.807, 2.05) is 12.1 Å². The molecule has 0 bridgehead atoms. The molecule has 0 aliphatic rings. The Labute approximate surface area is 93.3 Å². The van der Waals surface area contributed by atoms with Crippen molar-refractivity contribution >= 4 is 43.5 Å². The van der Waals surface area contributed by atoms with Crippen molar-refractivity contribution in [1.29, 1.82) is 0 Å². The number of rotatable bonds is 2. The molecule has 1 rings (SSSR count). The van der Waals surface area contributed by atoms with Gasteiger partial charge in [-0.05, 0) is 33.6 Å². The van der Waals surface area contributed by atoms with Crippen molar-refractivity contribution in [2.24, 2.45) is 0 Å². The number of hydrogen-bond acceptors (Lipinski definition) is 1. The summed E-state index contributed by atoms with van der Waals surface area (Å²) in [6.07, 6.45) is 0. The Kier molecular flexibility index (Phi) is 3.87. The second kappa shape index (κ2) is 4.49. The highest BCUT2D eigenvalue weighted by atomic mass is 79.9. The van der Waals surface area contributed by atoms with E-state index in [1.165, 1.54) is 0 Å². The Hall–Kier alpha value is 0.270. The van der Waals surface area contributed by atoms with Gasteiger partial charge in [-0.2, -0.15) is 0 Å². The minimum atomic E-state index is 0.476. The first-order chi connectivity index (χ1) is 5.69. The van der Waals surface area contributed by atoms with Gasteiger partial charge in [0.2, 0.25) is 0 Å². The van der Waals surface area contributed by atoms with E-state index in [9.17, 15) is 0 Å². The summed E-state index contributed by atoms with van der Waals surface area (Å²) in [5, 5.41) is 0. The summed E-state index contributed by atoms with van der Waals surface area (Å²) in [6, 6.07) is 3.83. The summed E-state index contributed by atoms with van der Waals surface area (Å²) >= 11 is 12.5. The van der Waals surface area contributed by atoms with Crippen molar-refractivity contribution in [2.45, 2.75) is 5.88 Å². The van der Waals surface area contributed by atoms with Gasteiger partial charge in [0, 0.05) is 10.4 Å². The van der Waals surface area contributed by atoms with Crippen LogP contribution in [0.1, 0.15) is 5.56 Å². The fourth-order valence-corrected chi connectivity index (χ4v) is 2.51. The Morgan fingerprint density at radius 3 is 2.50 bits per heavy atom. The molecule has 0 aromatic heterocycles. The van der Waals surface area contributed by atoms with Crippen LogP contribution in [-0.2, 0) is 5.88 Å². The zero-order valence-electron chi connectivity index (χ0n) is 6.40. The zero-order valence-corrected chi connectivity index (χ0v) is 10.3. The van der Waals surface area contributed by atoms with Crippen LogP contribution in [0.25, 0.3) is 0 Å². The summed E-state index contributed by atoms with van der Waals surface area (Å²) in [7, 11) is 1.63. The maximum absolute atomic E-state index is 5.71. The molecule has 0 N–H and O–H groups in total. The van der Waals surface area contributed by atoms with Gasteiger partial charge in [0.25, 0.3) is 0 Å². The van der Waals surface area contributed by atoms with Crippen molar-refractivity contribution in [3.63, 3.8) is 0 Å². The first-order valence-corrected chi connectivity index (χ1v) is 5.39. The molecule has 0 radical (unpaired) electrons. The molecule has 0 atom stereocenters. The topological polar surface area (TPSA) is 9.23 Å². The number of alkyl halides is 1. The van der Waals surface area contributed by atoms with Gasteiger partial charge in [0.15, 0.2) is 0 Å². The molecular weight excluding hydrogens is 307 g/mol. The molecule has 4 heteroatoms. The normalized spacial score (nSPS) is 10.0. The summed E-state index contributed by atoms with van der Waals surface area (Å²) < 4.78 is 7.03. The lowest BCUT2D eigenvalue weighted by atomic mass is 10.2. The van der Waals surface area contributed by atoms with Crippen LogP contribution in [0.2, 0.25) is 0 Å². The quantitative estimate of drug-likeness (QED) is 0.751. The monoisotopic (exact) mass is 312 g/mol. The van der Waals surface area contributed by atoms with Gasteiger partial charge in [-0.1, -0.05) is 15.9 Å². The summed E-state index contributed by atoms with van der Waals surface area (Å²) in [6.45, 7) is 0. The Bertz CT molecular complexity index is 263. The predicted octanol–water partition coefficient (Wildman–Crippen LogP) is 3.96. The van der Waals surface area contributed by atoms with Crippen molar-refractivity contribution in [2.75, 3.05) is 7.11 Å². The molecule has 0 amide bonds. The van der Waals surface area contributed by atoms with Gasteiger partial charge in [-0.3, -0.25) is 0 Å². The third-order valence-corrected chi connectivity index (χ3v) is 3.11. The molecule has 0 saturated heterocycles. The molecule has 0 unspecified atom stereocenters. The number of halogens is 3. The average Bonchev–Trinajstić information content (AvgIpc) is 2.05. The van der Waals surface area contributed by atoms with Crippen LogP contribution in [0, 0.1) is 0 Å². The van der Waals surface area contributed by atoms with Crippen LogP contribution in [0.15, 0.2) is 21.1 Å². The second-order valence-electron chi connectivity index (χ2n) is 2.21. The number of methoxy groups -OCH3 is 1. The Morgan fingerprint density at radius 1 is 1.33 bits per heavy atom. The lowest BCUT2D eigenvalue weighted by molar-refractivity contribution is 0.411. The highest BCUT2D eigenvalue weighted by Crippen LogP contribution is 2.31. The van der Waals surface area contributed by atoms with Gasteiger partial charge >= 0.3 is 0 Å². The molecular formula is C8H7Br2ClO. The van der Waals surface area contributed by atoms with Crippen LogP contribution in [0.3, 0.4) is 0 Å². The second-order valence-corrected chi connectivity index (χ2v) is 4.19. The minimum absolute atomic E-state index is 0.476. The molecule has 66 valence electrons. The molecule has 0 saturated carbocycles. The fraction of sp³-hybridized carbons (Fsp3) is 0.250. The van der Waals surface area contributed by atoms with Crippen molar-refractivity contribution in [1.82, 2.24) is 0 Å². The smallest absolute Gasteiger partial charge is 0.133 e. The molecule has 0 fully saturated rings. The average molecular weight is 314 g/mol. The molecule has 1 aromatic carbocycles. The van der Waals surface area contributed by atoms with E-state index in [4.69, 9.17) is 16.3 Å². The first-order valence-electron chi connectivity index (χ1n) is 3.27. The Balaban J connectivity index is 3.18. The summed E-state index contributed by atoms with van der Waals surface area (Å²) in [4.78, 5) is 0. The van der Waals surface area contributed by atoms with Gasteiger partial charge in [0.1, 0.15) is 5.75 Å². The predicted molar refractivity (Wildman–Crippen MR) is 58.0 cm³/mol. The molecule has 1 nitrogen and oxygen atoms in total. The van der Waals surface area contributed by atoms with Gasteiger partial charge in [-0.15, -0.1) is 11.6 Å². The van der Waals surface area contributed by atoms with Crippen molar-refractivity contribution in [3.8, 4) is 5.75 Å². The van der Waals surface area contributed by atoms with Gasteiger partial charge in [0.05, 0.1) is 11.6 Å². The third kappa shape index (κ3) is 2.15. The number of hydrogen-bond donors (Lipinski definition) is 0. The molecule has 0 aliphatic carbocycles. The van der Waals surface area contributed by atoms with Crippen LogP contribution in [-0.4, -0.2) is 7.11 Å².